The van der Waals surface area contributed by atoms with Gasteiger partial charge in [0.1, 0.15) is 0 Å². The van der Waals surface area contributed by atoms with E-state index in [2.05, 4.69) is 31.0 Å². The van der Waals surface area contributed by atoms with Gasteiger partial charge in [0, 0.05) is 18.6 Å². The molecule has 3 heteroatoms. The van der Waals surface area contributed by atoms with Gasteiger partial charge in [-0.15, -0.1) is 0 Å². The minimum atomic E-state index is 0.0554. The van der Waals surface area contributed by atoms with Crippen LogP contribution in [0.2, 0.25) is 0 Å². The van der Waals surface area contributed by atoms with Crippen LogP contribution in [0, 0.1) is 5.92 Å². The Kier molecular flexibility index (Phi) is 5.26. The van der Waals surface area contributed by atoms with E-state index in [1.807, 2.05) is 0 Å². The van der Waals surface area contributed by atoms with Gasteiger partial charge in [0.15, 0.2) is 0 Å². The molecule has 2 fully saturated rings. The molecule has 0 aromatic rings. The van der Waals surface area contributed by atoms with Crippen molar-refractivity contribution < 1.29 is 4.79 Å². The second-order valence-corrected chi connectivity index (χ2v) is 6.69. The molecule has 2 rings (SSSR count). The van der Waals surface area contributed by atoms with Crippen molar-refractivity contribution in [1.29, 1.82) is 0 Å². The molecular weight excluding hydrogens is 236 g/mol. The molecular formula is C16H30N2O. The van der Waals surface area contributed by atoms with Crippen LogP contribution in [0.15, 0.2) is 0 Å². The van der Waals surface area contributed by atoms with Gasteiger partial charge in [0.25, 0.3) is 0 Å². The highest BCUT2D eigenvalue weighted by Crippen LogP contribution is 2.30. The molecule has 1 amide bonds. The van der Waals surface area contributed by atoms with E-state index in [1.54, 1.807) is 0 Å². The standard InChI is InChI=1S/C16H30N2O/c1-12(2)17-15-10-7-11-18(16(15)19)13(3)14-8-5-4-6-9-14/h12-15,17H,4-11H2,1-3H3. The Balaban J connectivity index is 1.95. The first-order valence-corrected chi connectivity index (χ1v) is 8.16. The highest BCUT2D eigenvalue weighted by Gasteiger charge is 2.34. The van der Waals surface area contributed by atoms with Crippen LogP contribution >= 0.6 is 0 Å². The summed E-state index contributed by atoms with van der Waals surface area (Å²) >= 11 is 0. The van der Waals surface area contributed by atoms with Crippen LogP contribution in [0.1, 0.15) is 65.7 Å². The topological polar surface area (TPSA) is 32.3 Å². The number of piperidine rings is 1. The third-order valence-electron chi connectivity index (χ3n) is 4.83. The lowest BCUT2D eigenvalue weighted by atomic mass is 9.83. The van der Waals surface area contributed by atoms with Crippen LogP contribution in [0.25, 0.3) is 0 Å². The normalized spacial score (nSPS) is 27.9. The second-order valence-electron chi connectivity index (χ2n) is 6.69. The number of rotatable bonds is 4. The van der Waals surface area contributed by atoms with E-state index in [-0.39, 0.29) is 6.04 Å². The van der Waals surface area contributed by atoms with Crippen LogP contribution in [0.4, 0.5) is 0 Å². The number of hydrogen-bond acceptors (Lipinski definition) is 2. The maximum Gasteiger partial charge on any atom is 0.239 e. The zero-order valence-corrected chi connectivity index (χ0v) is 12.8. The Hall–Kier alpha value is -0.570. The molecule has 1 aliphatic carbocycles. The van der Waals surface area contributed by atoms with E-state index in [0.717, 1.165) is 25.3 Å². The van der Waals surface area contributed by atoms with Crippen molar-refractivity contribution in [3.63, 3.8) is 0 Å². The maximum absolute atomic E-state index is 12.6. The maximum atomic E-state index is 12.6. The van der Waals surface area contributed by atoms with E-state index in [4.69, 9.17) is 0 Å². The van der Waals surface area contributed by atoms with Crippen molar-refractivity contribution in [1.82, 2.24) is 10.2 Å². The van der Waals surface area contributed by atoms with Crippen molar-refractivity contribution in [2.45, 2.75) is 83.8 Å². The van der Waals surface area contributed by atoms with Gasteiger partial charge in [-0.25, -0.2) is 0 Å². The van der Waals surface area contributed by atoms with Crippen molar-refractivity contribution in [2.75, 3.05) is 6.54 Å². The molecule has 1 aliphatic heterocycles. The smallest absolute Gasteiger partial charge is 0.239 e. The lowest BCUT2D eigenvalue weighted by Gasteiger charge is -2.41. The minimum absolute atomic E-state index is 0.0554. The van der Waals surface area contributed by atoms with E-state index in [0.29, 0.717) is 18.0 Å². The first-order chi connectivity index (χ1) is 9.09. The van der Waals surface area contributed by atoms with Crippen molar-refractivity contribution in [2.24, 2.45) is 5.92 Å². The summed E-state index contributed by atoms with van der Waals surface area (Å²) in [6.45, 7) is 7.48. The molecule has 1 N–H and O–H groups in total. The molecule has 0 bridgehead atoms. The summed E-state index contributed by atoms with van der Waals surface area (Å²) in [6, 6.07) is 0.878. The molecule has 0 spiro atoms. The largest absolute Gasteiger partial charge is 0.338 e. The van der Waals surface area contributed by atoms with Crippen molar-refractivity contribution in [3.05, 3.63) is 0 Å². The fourth-order valence-electron chi connectivity index (χ4n) is 3.73. The summed E-state index contributed by atoms with van der Waals surface area (Å²) in [6.07, 6.45) is 8.86. The molecule has 19 heavy (non-hydrogen) atoms. The van der Waals surface area contributed by atoms with Crippen LogP contribution < -0.4 is 5.32 Å². The van der Waals surface area contributed by atoms with Gasteiger partial charge in [0.2, 0.25) is 5.91 Å². The summed E-state index contributed by atoms with van der Waals surface area (Å²) in [5.41, 5.74) is 0. The SMILES string of the molecule is CC(C)NC1CCCN(C(C)C2CCCCC2)C1=O. The van der Waals surface area contributed by atoms with E-state index >= 15 is 0 Å². The molecule has 2 atom stereocenters. The van der Waals surface area contributed by atoms with Crippen LogP contribution in [0.3, 0.4) is 0 Å². The Morgan fingerprint density at radius 1 is 1.05 bits per heavy atom. The molecule has 0 radical (unpaired) electrons. The van der Waals surface area contributed by atoms with Crippen LogP contribution in [0.5, 0.6) is 0 Å². The lowest BCUT2D eigenvalue weighted by Crippen LogP contribution is -2.56. The van der Waals surface area contributed by atoms with Gasteiger partial charge in [0.05, 0.1) is 6.04 Å². The fraction of sp³-hybridized carbons (Fsp3) is 0.938. The predicted octanol–water partition coefficient (Wildman–Crippen LogP) is 2.94. The zero-order valence-electron chi connectivity index (χ0n) is 12.8. The van der Waals surface area contributed by atoms with Gasteiger partial charge >= 0.3 is 0 Å². The molecule has 110 valence electrons. The summed E-state index contributed by atoms with van der Waals surface area (Å²) in [5.74, 6) is 1.08. The molecule has 2 unspecified atom stereocenters. The lowest BCUT2D eigenvalue weighted by molar-refractivity contribution is -0.139. The Morgan fingerprint density at radius 3 is 2.37 bits per heavy atom. The number of hydrogen-bond donors (Lipinski definition) is 1. The number of nitrogens with one attached hydrogen (secondary N) is 1. The molecule has 2 aliphatic rings. The van der Waals surface area contributed by atoms with Gasteiger partial charge < -0.3 is 10.2 Å². The highest BCUT2D eigenvalue weighted by atomic mass is 16.2. The number of nitrogens with zero attached hydrogens (tertiary/aromatic N) is 1. The minimum Gasteiger partial charge on any atom is -0.338 e. The number of likely N-dealkylation sites (tertiary alicyclic amines) is 1. The van der Waals surface area contributed by atoms with Gasteiger partial charge in [-0.3, -0.25) is 4.79 Å². The van der Waals surface area contributed by atoms with Crippen LogP contribution in [-0.2, 0) is 4.79 Å². The van der Waals surface area contributed by atoms with E-state index < -0.39 is 0 Å². The van der Waals surface area contributed by atoms with Crippen molar-refractivity contribution in [3.8, 4) is 0 Å². The molecule has 0 aromatic carbocycles. The highest BCUT2D eigenvalue weighted by molar-refractivity contribution is 5.83. The third kappa shape index (κ3) is 3.71. The summed E-state index contributed by atoms with van der Waals surface area (Å²) < 4.78 is 0. The molecule has 3 nitrogen and oxygen atoms in total. The van der Waals surface area contributed by atoms with E-state index in [9.17, 15) is 4.79 Å². The predicted molar refractivity (Wildman–Crippen MR) is 79.0 cm³/mol. The van der Waals surface area contributed by atoms with Crippen LogP contribution in [-0.4, -0.2) is 35.5 Å². The van der Waals surface area contributed by atoms with E-state index in [1.165, 1.54) is 32.1 Å². The second kappa shape index (κ2) is 6.74. The average Bonchev–Trinajstić information content (AvgIpc) is 2.41. The van der Waals surface area contributed by atoms with Gasteiger partial charge in [-0.1, -0.05) is 33.1 Å². The molecule has 0 aromatic heterocycles. The van der Waals surface area contributed by atoms with Gasteiger partial charge in [-0.2, -0.15) is 0 Å². The first-order valence-electron chi connectivity index (χ1n) is 8.16. The quantitative estimate of drug-likeness (QED) is 0.848. The monoisotopic (exact) mass is 266 g/mol. The number of carbonyl (C=O) groups is 1. The molecule has 1 heterocycles. The Labute approximate surface area is 118 Å². The average molecular weight is 266 g/mol. The fourth-order valence-corrected chi connectivity index (χ4v) is 3.73. The van der Waals surface area contributed by atoms with Gasteiger partial charge in [-0.05, 0) is 38.5 Å². The number of carbonyl (C=O) groups excluding carboxylic acids is 1. The Morgan fingerprint density at radius 2 is 1.74 bits per heavy atom. The summed E-state index contributed by atoms with van der Waals surface area (Å²) in [5, 5.41) is 3.43. The molecule has 1 saturated heterocycles. The third-order valence-corrected chi connectivity index (χ3v) is 4.83. The Bertz CT molecular complexity index is 297. The molecule has 1 saturated carbocycles. The first kappa shape index (κ1) is 14.8. The van der Waals surface area contributed by atoms with Crippen molar-refractivity contribution >= 4 is 5.91 Å². The summed E-state index contributed by atoms with van der Waals surface area (Å²) in [4.78, 5) is 14.8. The summed E-state index contributed by atoms with van der Waals surface area (Å²) in [7, 11) is 0. The number of amides is 1. The zero-order chi connectivity index (χ0) is 13.8.